The van der Waals surface area contributed by atoms with Crippen LogP contribution < -0.4 is 11.1 Å². The second-order valence-electron chi connectivity index (χ2n) is 5.19. The molecule has 110 valence electrons. The monoisotopic (exact) mass is 282 g/mol. The molecule has 0 heterocycles. The third kappa shape index (κ3) is 4.17. The predicted molar refractivity (Wildman–Crippen MR) is 86.0 cm³/mol. The van der Waals surface area contributed by atoms with E-state index in [4.69, 9.17) is 5.73 Å². The van der Waals surface area contributed by atoms with Crippen molar-refractivity contribution in [3.63, 3.8) is 0 Å². The van der Waals surface area contributed by atoms with Crippen LogP contribution in [0.4, 0.5) is 0 Å². The van der Waals surface area contributed by atoms with Crippen LogP contribution in [-0.2, 0) is 4.79 Å². The molecule has 1 amide bonds. The van der Waals surface area contributed by atoms with Crippen LogP contribution in [0.2, 0.25) is 0 Å². The van der Waals surface area contributed by atoms with Crippen molar-refractivity contribution in [2.45, 2.75) is 25.3 Å². The summed E-state index contributed by atoms with van der Waals surface area (Å²) in [6, 6.07) is 20.5. The molecule has 0 aliphatic heterocycles. The third-order valence-corrected chi connectivity index (χ3v) is 3.58. The van der Waals surface area contributed by atoms with Gasteiger partial charge in [0.2, 0.25) is 5.91 Å². The average Bonchev–Trinajstić information content (AvgIpc) is 2.50. The first-order valence-electron chi connectivity index (χ1n) is 7.31. The van der Waals surface area contributed by atoms with E-state index in [9.17, 15) is 4.79 Å². The zero-order valence-electron chi connectivity index (χ0n) is 12.3. The van der Waals surface area contributed by atoms with Crippen LogP contribution in [0.5, 0.6) is 0 Å². The lowest BCUT2D eigenvalue weighted by Gasteiger charge is -2.26. The minimum atomic E-state index is 0.00172. The molecule has 1 atom stereocenters. The predicted octanol–water partition coefficient (Wildman–Crippen LogP) is 2.67. The Morgan fingerprint density at radius 3 is 1.90 bits per heavy atom. The largest absolute Gasteiger partial charge is 0.353 e. The van der Waals surface area contributed by atoms with Gasteiger partial charge in [-0.1, -0.05) is 60.7 Å². The van der Waals surface area contributed by atoms with E-state index in [-0.39, 0.29) is 17.9 Å². The summed E-state index contributed by atoms with van der Waals surface area (Å²) in [5, 5.41) is 3.06. The second kappa shape index (κ2) is 7.60. The lowest BCUT2D eigenvalue weighted by molar-refractivity contribution is -0.121. The fourth-order valence-corrected chi connectivity index (χ4v) is 2.63. The van der Waals surface area contributed by atoms with Crippen LogP contribution in [0.25, 0.3) is 0 Å². The van der Waals surface area contributed by atoms with Gasteiger partial charge in [-0.15, -0.1) is 0 Å². The Morgan fingerprint density at radius 2 is 1.48 bits per heavy atom. The Labute approximate surface area is 126 Å². The first-order chi connectivity index (χ1) is 10.2. The Bertz CT molecular complexity index is 514. The maximum Gasteiger partial charge on any atom is 0.221 e. The molecule has 0 bridgehead atoms. The Morgan fingerprint density at radius 1 is 1.00 bits per heavy atom. The number of nitrogens with two attached hydrogens (primary N) is 1. The van der Waals surface area contributed by atoms with Crippen LogP contribution >= 0.6 is 0 Å². The van der Waals surface area contributed by atoms with E-state index in [1.54, 1.807) is 0 Å². The highest BCUT2D eigenvalue weighted by Gasteiger charge is 2.22. The minimum Gasteiger partial charge on any atom is -0.353 e. The molecule has 0 saturated carbocycles. The van der Waals surface area contributed by atoms with Gasteiger partial charge in [-0.25, -0.2) is 0 Å². The van der Waals surface area contributed by atoms with E-state index in [0.717, 1.165) is 0 Å². The van der Waals surface area contributed by atoms with E-state index < -0.39 is 0 Å². The van der Waals surface area contributed by atoms with Gasteiger partial charge in [0.05, 0.1) is 0 Å². The van der Waals surface area contributed by atoms with Crippen LogP contribution in [0.1, 0.15) is 30.4 Å². The lowest BCUT2D eigenvalue weighted by atomic mass is 9.86. The number of carbonyl (C=O) groups is 1. The van der Waals surface area contributed by atoms with E-state index in [1.165, 1.54) is 11.1 Å². The molecule has 0 saturated heterocycles. The third-order valence-electron chi connectivity index (χ3n) is 3.58. The van der Waals surface area contributed by atoms with Crippen molar-refractivity contribution < 1.29 is 4.79 Å². The average molecular weight is 282 g/mol. The normalized spacial score (nSPS) is 12.1. The summed E-state index contributed by atoms with van der Waals surface area (Å²) >= 11 is 0. The smallest absolute Gasteiger partial charge is 0.221 e. The number of nitrogens with one attached hydrogen (secondary N) is 1. The van der Waals surface area contributed by atoms with Crippen molar-refractivity contribution in [2.75, 3.05) is 6.54 Å². The molecule has 2 aromatic rings. The molecular weight excluding hydrogens is 260 g/mol. The highest BCUT2D eigenvalue weighted by molar-refractivity contribution is 5.76. The van der Waals surface area contributed by atoms with E-state index >= 15 is 0 Å². The van der Waals surface area contributed by atoms with Crippen LogP contribution in [-0.4, -0.2) is 18.5 Å². The Kier molecular flexibility index (Phi) is 5.52. The zero-order chi connectivity index (χ0) is 15.1. The summed E-state index contributed by atoms with van der Waals surface area (Å²) in [6.45, 7) is 2.42. The maximum atomic E-state index is 11.8. The summed E-state index contributed by atoms with van der Waals surface area (Å²) in [7, 11) is 0. The minimum absolute atomic E-state index is 0.00172. The standard InChI is InChI=1S/C18H22N2O/c1-14(20-17(21)12-13-19)18(15-8-4-2-5-9-15)16-10-6-3-7-11-16/h2-11,14,18H,12-13,19H2,1H3,(H,20,21). The number of amides is 1. The maximum absolute atomic E-state index is 11.8. The molecular formula is C18H22N2O. The fourth-order valence-electron chi connectivity index (χ4n) is 2.63. The van der Waals surface area contributed by atoms with Crippen molar-refractivity contribution >= 4 is 5.91 Å². The van der Waals surface area contributed by atoms with Gasteiger partial charge in [0.15, 0.2) is 0 Å². The topological polar surface area (TPSA) is 55.1 Å². The van der Waals surface area contributed by atoms with Crippen LogP contribution in [0.15, 0.2) is 60.7 Å². The molecule has 0 aliphatic rings. The van der Waals surface area contributed by atoms with Gasteiger partial charge in [-0.3, -0.25) is 4.79 Å². The SMILES string of the molecule is CC(NC(=O)CCN)C(c1ccccc1)c1ccccc1. The molecule has 3 nitrogen and oxygen atoms in total. The van der Waals surface area contributed by atoms with Crippen LogP contribution in [0, 0.1) is 0 Å². The molecule has 0 aliphatic carbocycles. The molecule has 2 rings (SSSR count). The van der Waals surface area contributed by atoms with Gasteiger partial charge in [-0.05, 0) is 18.1 Å². The van der Waals surface area contributed by atoms with Crippen molar-refractivity contribution in [3.05, 3.63) is 71.8 Å². The second-order valence-corrected chi connectivity index (χ2v) is 5.19. The highest BCUT2D eigenvalue weighted by Crippen LogP contribution is 2.27. The first kappa shape index (κ1) is 15.3. The van der Waals surface area contributed by atoms with Gasteiger partial charge < -0.3 is 11.1 Å². The summed E-state index contributed by atoms with van der Waals surface area (Å²) < 4.78 is 0. The van der Waals surface area contributed by atoms with Crippen LogP contribution in [0.3, 0.4) is 0 Å². The Hall–Kier alpha value is -2.13. The zero-order valence-corrected chi connectivity index (χ0v) is 12.3. The molecule has 0 aromatic heterocycles. The van der Waals surface area contributed by atoms with Crippen molar-refractivity contribution in [3.8, 4) is 0 Å². The summed E-state index contributed by atoms with van der Waals surface area (Å²) in [4.78, 5) is 11.8. The number of benzene rings is 2. The van der Waals surface area contributed by atoms with Gasteiger partial charge in [0.1, 0.15) is 0 Å². The van der Waals surface area contributed by atoms with Crippen molar-refractivity contribution in [1.82, 2.24) is 5.32 Å². The summed E-state index contributed by atoms with van der Waals surface area (Å²) in [5.41, 5.74) is 7.84. The summed E-state index contributed by atoms with van der Waals surface area (Å²) in [5.74, 6) is 0.135. The molecule has 0 radical (unpaired) electrons. The molecule has 2 aromatic carbocycles. The first-order valence-corrected chi connectivity index (χ1v) is 7.31. The van der Waals surface area contributed by atoms with Crippen molar-refractivity contribution in [2.24, 2.45) is 5.73 Å². The molecule has 1 unspecified atom stereocenters. The van der Waals surface area contributed by atoms with E-state index in [2.05, 4.69) is 29.6 Å². The number of hydrogen-bond acceptors (Lipinski definition) is 2. The molecule has 3 heteroatoms. The molecule has 0 spiro atoms. The van der Waals surface area contributed by atoms with Gasteiger partial charge >= 0.3 is 0 Å². The van der Waals surface area contributed by atoms with Gasteiger partial charge in [0, 0.05) is 24.9 Å². The van der Waals surface area contributed by atoms with Gasteiger partial charge in [0.25, 0.3) is 0 Å². The summed E-state index contributed by atoms with van der Waals surface area (Å²) in [6.07, 6.45) is 0.362. The number of rotatable bonds is 6. The van der Waals surface area contributed by atoms with E-state index in [0.29, 0.717) is 13.0 Å². The molecule has 3 N–H and O–H groups in total. The fraction of sp³-hybridized carbons (Fsp3) is 0.278. The molecule has 0 fully saturated rings. The lowest BCUT2D eigenvalue weighted by Crippen LogP contribution is -2.38. The Balaban J connectivity index is 2.26. The van der Waals surface area contributed by atoms with Gasteiger partial charge in [-0.2, -0.15) is 0 Å². The molecule has 21 heavy (non-hydrogen) atoms. The quantitative estimate of drug-likeness (QED) is 0.856. The number of carbonyl (C=O) groups excluding carboxylic acids is 1. The van der Waals surface area contributed by atoms with Crippen molar-refractivity contribution in [1.29, 1.82) is 0 Å². The highest BCUT2D eigenvalue weighted by atomic mass is 16.1. The van der Waals surface area contributed by atoms with E-state index in [1.807, 2.05) is 43.3 Å². The number of hydrogen-bond donors (Lipinski definition) is 2.